The monoisotopic (exact) mass is 602 g/mol. The molecule has 0 saturated heterocycles. The fourth-order valence-corrected chi connectivity index (χ4v) is 4.80. The summed E-state index contributed by atoms with van der Waals surface area (Å²) in [5, 5.41) is 9.94. The number of carbonyl (C=O) groups excluding carboxylic acids is 1. The summed E-state index contributed by atoms with van der Waals surface area (Å²) in [4.78, 5) is 48.8. The Balaban J connectivity index is 1.44. The average Bonchev–Trinajstić information content (AvgIpc) is 3.51. The van der Waals surface area contributed by atoms with Gasteiger partial charge in [-0.25, -0.2) is 18.1 Å². The molecule has 10 nitrogen and oxygen atoms in total. The maximum absolute atomic E-state index is 15.2. The van der Waals surface area contributed by atoms with Crippen molar-refractivity contribution < 1.29 is 18.3 Å². The summed E-state index contributed by atoms with van der Waals surface area (Å²) in [6.45, 7) is 3.40. The third-order valence-electron chi connectivity index (χ3n) is 6.35. The largest absolute Gasteiger partial charge is 0.452 e. The number of benzene rings is 2. The van der Waals surface area contributed by atoms with Crippen molar-refractivity contribution in [1.82, 2.24) is 19.1 Å². The van der Waals surface area contributed by atoms with E-state index < -0.39 is 34.8 Å². The number of aromatic nitrogens is 4. The lowest BCUT2D eigenvalue weighted by Crippen LogP contribution is -2.42. The lowest BCUT2D eigenvalue weighted by atomic mass is 10.2. The fraction of sp³-hybridized carbons (Fsp3) is 0.133. The molecule has 2 aromatic carbocycles. The summed E-state index contributed by atoms with van der Waals surface area (Å²) in [5.74, 6) is -2.14. The van der Waals surface area contributed by atoms with E-state index in [4.69, 9.17) is 10.1 Å². The second-order valence-corrected chi connectivity index (χ2v) is 10.5. The predicted molar refractivity (Wildman–Crippen MR) is 159 cm³/mol. The van der Waals surface area contributed by atoms with E-state index in [2.05, 4.69) is 15.3 Å². The van der Waals surface area contributed by atoms with E-state index >= 15 is 4.39 Å². The Morgan fingerprint density at radius 3 is 2.51 bits per heavy atom. The average molecular weight is 603 g/mol. The van der Waals surface area contributed by atoms with Gasteiger partial charge in [0.25, 0.3) is 11.5 Å². The van der Waals surface area contributed by atoms with Crippen LogP contribution in [-0.4, -0.2) is 31.2 Å². The van der Waals surface area contributed by atoms with Crippen molar-refractivity contribution in [2.75, 3.05) is 5.32 Å². The van der Waals surface area contributed by atoms with Crippen LogP contribution in [0.15, 0.2) is 82.2 Å². The fourth-order valence-electron chi connectivity index (χ4n) is 4.20. The Morgan fingerprint density at radius 1 is 1.09 bits per heavy atom. The van der Waals surface area contributed by atoms with Crippen molar-refractivity contribution in [3.05, 3.63) is 116 Å². The first-order chi connectivity index (χ1) is 20.7. The van der Waals surface area contributed by atoms with Gasteiger partial charge in [0.15, 0.2) is 11.6 Å². The molecule has 0 bridgehead atoms. The maximum Gasteiger partial charge on any atom is 0.335 e. The number of pyridine rings is 1. The first-order valence-electron chi connectivity index (χ1n) is 13.0. The van der Waals surface area contributed by atoms with Gasteiger partial charge in [-0.15, -0.1) is 11.3 Å². The summed E-state index contributed by atoms with van der Waals surface area (Å²) >= 11 is 1.40. The SMILES string of the molecule is CC(C)n1cc(C(=O)Nc2ccc(Oc3cc(-c4cncs4)cnc3CC=N)c(F)c2)c(=O)n(-c2ccc(F)cc2)c1=O. The van der Waals surface area contributed by atoms with Crippen LogP contribution in [0.1, 0.15) is 35.9 Å². The third kappa shape index (κ3) is 6.16. The van der Waals surface area contributed by atoms with Crippen LogP contribution in [0.4, 0.5) is 14.5 Å². The molecule has 13 heteroatoms. The molecule has 0 aliphatic carbocycles. The van der Waals surface area contributed by atoms with Crippen molar-refractivity contribution in [1.29, 1.82) is 5.41 Å². The Bertz CT molecular complexity index is 1940. The molecule has 3 aromatic heterocycles. The smallest absolute Gasteiger partial charge is 0.335 e. The van der Waals surface area contributed by atoms with E-state index in [1.807, 2.05) is 0 Å². The number of anilines is 1. The molecule has 0 radical (unpaired) electrons. The molecule has 0 aliphatic heterocycles. The number of nitrogens with zero attached hydrogens (tertiary/aromatic N) is 4. The number of ether oxygens (including phenoxy) is 1. The number of hydrogen-bond donors (Lipinski definition) is 2. The molecule has 1 amide bonds. The first kappa shape index (κ1) is 29.2. The van der Waals surface area contributed by atoms with Crippen molar-refractivity contribution in [2.45, 2.75) is 26.3 Å². The van der Waals surface area contributed by atoms with E-state index in [1.54, 1.807) is 37.8 Å². The Kier molecular flexibility index (Phi) is 8.34. The highest BCUT2D eigenvalue weighted by molar-refractivity contribution is 7.13. The summed E-state index contributed by atoms with van der Waals surface area (Å²) < 4.78 is 36.5. The summed E-state index contributed by atoms with van der Waals surface area (Å²) in [6, 6.07) is 9.71. The normalized spacial score (nSPS) is 11.0. The van der Waals surface area contributed by atoms with Crippen LogP contribution in [0.25, 0.3) is 16.1 Å². The third-order valence-corrected chi connectivity index (χ3v) is 7.17. The lowest BCUT2D eigenvalue weighted by Gasteiger charge is -2.16. The van der Waals surface area contributed by atoms with Gasteiger partial charge in [-0.3, -0.25) is 24.1 Å². The van der Waals surface area contributed by atoms with Gasteiger partial charge in [0, 0.05) is 54.6 Å². The number of nitrogens with one attached hydrogen (secondary N) is 2. The second-order valence-electron chi connectivity index (χ2n) is 9.59. The second kappa shape index (κ2) is 12.3. The van der Waals surface area contributed by atoms with E-state index in [0.29, 0.717) is 11.3 Å². The molecule has 3 heterocycles. The van der Waals surface area contributed by atoms with Gasteiger partial charge < -0.3 is 15.5 Å². The molecule has 0 spiro atoms. The van der Waals surface area contributed by atoms with Crippen molar-refractivity contribution in [2.24, 2.45) is 0 Å². The Hall–Kier alpha value is -5.30. The maximum atomic E-state index is 15.2. The topological polar surface area (TPSA) is 132 Å². The van der Waals surface area contributed by atoms with Gasteiger partial charge >= 0.3 is 5.69 Å². The Morgan fingerprint density at radius 2 is 1.86 bits per heavy atom. The standard InChI is InChI=1S/C30H24F2N6O4S/c1-17(2)37-15-22(29(40)38(30(37)41)21-6-3-19(31)4-7-21)28(39)36-20-5-8-25(23(32)12-20)42-26-11-18(27-14-34-16-43-27)13-35-24(26)9-10-33/h3-8,10-17,33H,9H2,1-2H3,(H,36,39). The molecule has 43 heavy (non-hydrogen) atoms. The first-order valence-corrected chi connectivity index (χ1v) is 13.8. The van der Waals surface area contributed by atoms with E-state index in [0.717, 1.165) is 40.1 Å². The minimum Gasteiger partial charge on any atom is -0.452 e. The Labute approximate surface area is 247 Å². The molecule has 218 valence electrons. The van der Waals surface area contributed by atoms with Crippen LogP contribution in [0.3, 0.4) is 0 Å². The van der Waals surface area contributed by atoms with Crippen LogP contribution in [-0.2, 0) is 6.42 Å². The molecular weight excluding hydrogens is 578 g/mol. The number of thiazole rings is 1. The van der Waals surface area contributed by atoms with Crippen LogP contribution < -0.4 is 21.3 Å². The molecule has 0 atom stereocenters. The van der Waals surface area contributed by atoms with Crippen molar-refractivity contribution in [3.63, 3.8) is 0 Å². The van der Waals surface area contributed by atoms with E-state index in [9.17, 15) is 18.8 Å². The highest BCUT2D eigenvalue weighted by atomic mass is 32.1. The molecule has 2 N–H and O–H groups in total. The van der Waals surface area contributed by atoms with Gasteiger partial charge in [0.05, 0.1) is 21.8 Å². The van der Waals surface area contributed by atoms with Crippen LogP contribution in [0, 0.1) is 17.0 Å². The van der Waals surface area contributed by atoms with Gasteiger partial charge in [-0.2, -0.15) is 0 Å². The molecule has 5 aromatic rings. The predicted octanol–water partition coefficient (Wildman–Crippen LogP) is 5.61. The van der Waals surface area contributed by atoms with E-state index in [1.165, 1.54) is 40.2 Å². The molecule has 0 fully saturated rings. The molecule has 5 rings (SSSR count). The highest BCUT2D eigenvalue weighted by Crippen LogP contribution is 2.33. The van der Waals surface area contributed by atoms with Crippen LogP contribution in [0.2, 0.25) is 0 Å². The molecule has 0 aliphatic rings. The zero-order chi connectivity index (χ0) is 30.7. The highest BCUT2D eigenvalue weighted by Gasteiger charge is 2.21. The van der Waals surface area contributed by atoms with Gasteiger partial charge in [-0.05, 0) is 56.3 Å². The summed E-state index contributed by atoms with van der Waals surface area (Å²) in [6.07, 6.45) is 5.76. The molecular formula is C30H24F2N6O4S. The number of halogens is 2. The minimum absolute atomic E-state index is 0.0288. The van der Waals surface area contributed by atoms with Gasteiger partial charge in [0.1, 0.15) is 17.1 Å². The van der Waals surface area contributed by atoms with Crippen molar-refractivity contribution in [3.8, 4) is 27.6 Å². The van der Waals surface area contributed by atoms with Crippen LogP contribution >= 0.6 is 11.3 Å². The van der Waals surface area contributed by atoms with Gasteiger partial charge in [-0.1, -0.05) is 0 Å². The van der Waals surface area contributed by atoms with Crippen molar-refractivity contribution >= 4 is 29.1 Å². The van der Waals surface area contributed by atoms with E-state index in [-0.39, 0.29) is 34.9 Å². The summed E-state index contributed by atoms with van der Waals surface area (Å²) in [7, 11) is 0. The van der Waals surface area contributed by atoms with Gasteiger partial charge in [0.2, 0.25) is 0 Å². The summed E-state index contributed by atoms with van der Waals surface area (Å²) in [5.41, 5.74) is 0.933. The zero-order valence-corrected chi connectivity index (χ0v) is 23.7. The molecule has 0 unspecified atom stereocenters. The number of amides is 1. The minimum atomic E-state index is -0.918. The quantitative estimate of drug-likeness (QED) is 0.211. The number of rotatable bonds is 9. The van der Waals surface area contributed by atoms with Crippen LogP contribution in [0.5, 0.6) is 11.5 Å². The zero-order valence-electron chi connectivity index (χ0n) is 22.9. The molecule has 0 saturated carbocycles. The number of carbonyl (C=O) groups is 1. The lowest BCUT2D eigenvalue weighted by molar-refractivity contribution is 0.102. The number of hydrogen-bond acceptors (Lipinski definition) is 8.